The highest BCUT2D eigenvalue weighted by molar-refractivity contribution is 5.78. The number of amides is 1. The fourth-order valence-electron chi connectivity index (χ4n) is 5.00. The first-order chi connectivity index (χ1) is 20.0. The van der Waals surface area contributed by atoms with E-state index in [1.807, 2.05) is 13.8 Å². The van der Waals surface area contributed by atoms with Crippen LogP contribution in [0.1, 0.15) is 104 Å². The van der Waals surface area contributed by atoms with Crippen molar-refractivity contribution in [3.63, 3.8) is 0 Å². The standard InChI is InChI=1S/C20H25FN2O.C9H17N.C2H6.C2H2.CH3NO/c21-17-11-9-16(10-12-17)19-14-22-20(23-19)6-4-2-1-3-5-18(24)13-15-7-8-15;1-2-10-7-5-9(3-4-9)6-8-10;2*1-2;2-1-3/h9-12,14-15H,1-8,13H2,(H,22,23);2-8H2,1H3;1-2H3;1-2H;1H,(H2,2,3). The molecule has 7 heteroatoms. The maximum Gasteiger partial charge on any atom is 0.204 e. The summed E-state index contributed by atoms with van der Waals surface area (Å²) in [6.45, 7) is 10.3. The fourth-order valence-corrected chi connectivity index (χ4v) is 5.00. The number of ketones is 1. The molecule has 41 heavy (non-hydrogen) atoms. The average molecular weight is 569 g/mol. The number of aromatic amines is 1. The van der Waals surface area contributed by atoms with Crippen LogP contribution in [-0.2, 0) is 16.0 Å². The number of hydrogen-bond donors (Lipinski definition) is 2. The van der Waals surface area contributed by atoms with E-state index in [9.17, 15) is 9.18 Å². The lowest BCUT2D eigenvalue weighted by Gasteiger charge is -2.30. The number of Topliss-reactive ketones (excluding diaryl/α,β-unsaturated/α-hetero) is 1. The van der Waals surface area contributed by atoms with E-state index in [0.717, 1.165) is 67.4 Å². The number of carbonyl (C=O) groups is 2. The first kappa shape index (κ1) is 36.0. The number of terminal acetylenes is 1. The second-order valence-corrected chi connectivity index (χ2v) is 10.9. The molecule has 5 rings (SSSR count). The van der Waals surface area contributed by atoms with Gasteiger partial charge in [0.15, 0.2) is 0 Å². The van der Waals surface area contributed by atoms with Gasteiger partial charge in [-0.1, -0.05) is 33.6 Å². The number of halogens is 1. The molecular formula is C34H53FN4O2. The number of H-pyrrole nitrogens is 1. The smallest absolute Gasteiger partial charge is 0.204 e. The minimum absolute atomic E-state index is 0.228. The van der Waals surface area contributed by atoms with E-state index >= 15 is 0 Å². The third kappa shape index (κ3) is 15.0. The van der Waals surface area contributed by atoms with Crippen molar-refractivity contribution in [3.8, 4) is 24.1 Å². The Hall–Kier alpha value is -2.98. The Bertz CT molecular complexity index is 984. The van der Waals surface area contributed by atoms with Crippen molar-refractivity contribution in [2.24, 2.45) is 17.1 Å². The minimum atomic E-state index is -0.228. The number of rotatable bonds is 11. The van der Waals surface area contributed by atoms with Crippen molar-refractivity contribution in [1.29, 1.82) is 0 Å². The summed E-state index contributed by atoms with van der Waals surface area (Å²) in [7, 11) is 0. The number of piperidine rings is 1. The Labute approximate surface area is 248 Å². The third-order valence-electron chi connectivity index (χ3n) is 7.94. The van der Waals surface area contributed by atoms with E-state index < -0.39 is 0 Å². The number of hydrogen-bond acceptors (Lipinski definition) is 4. The van der Waals surface area contributed by atoms with Crippen molar-refractivity contribution in [1.82, 2.24) is 14.9 Å². The van der Waals surface area contributed by atoms with Gasteiger partial charge in [0.25, 0.3) is 0 Å². The lowest BCUT2D eigenvalue weighted by atomic mass is 9.94. The Morgan fingerprint density at radius 2 is 1.66 bits per heavy atom. The lowest BCUT2D eigenvalue weighted by Crippen LogP contribution is -2.34. The van der Waals surface area contributed by atoms with Crippen LogP contribution in [0.25, 0.3) is 11.3 Å². The quantitative estimate of drug-likeness (QED) is 0.169. The van der Waals surface area contributed by atoms with Crippen LogP contribution in [0.15, 0.2) is 30.5 Å². The van der Waals surface area contributed by atoms with E-state index in [1.54, 1.807) is 18.3 Å². The number of carbonyl (C=O) groups excluding carboxylic acids is 2. The van der Waals surface area contributed by atoms with Crippen LogP contribution in [0.4, 0.5) is 4.39 Å². The molecule has 1 aromatic carbocycles. The molecule has 1 saturated heterocycles. The van der Waals surface area contributed by atoms with Crippen LogP contribution in [0.2, 0.25) is 0 Å². The SMILES string of the molecule is C#C.CC.CCN1CCC2(CC1)CC2.NC=O.O=C(CCCCCCc1ncc(-c2ccc(F)cc2)[nH]1)CC1CC1. The number of likely N-dealkylation sites (tertiary alicyclic amines) is 1. The van der Waals surface area contributed by atoms with Gasteiger partial charge in [0.1, 0.15) is 17.4 Å². The van der Waals surface area contributed by atoms with Crippen LogP contribution in [0, 0.1) is 30.0 Å². The van der Waals surface area contributed by atoms with Gasteiger partial charge in [-0.3, -0.25) is 9.59 Å². The number of unbranched alkanes of at least 4 members (excludes halogenated alkanes) is 3. The predicted molar refractivity (Wildman–Crippen MR) is 168 cm³/mol. The molecule has 1 aromatic heterocycles. The van der Waals surface area contributed by atoms with Crippen LogP contribution in [0.3, 0.4) is 0 Å². The highest BCUT2D eigenvalue weighted by Crippen LogP contribution is 2.53. The van der Waals surface area contributed by atoms with Crippen molar-refractivity contribution < 1.29 is 14.0 Å². The number of imidazole rings is 1. The summed E-state index contributed by atoms with van der Waals surface area (Å²) in [5, 5.41) is 0. The number of primary amides is 1. The number of aryl methyl sites for hydroxylation is 1. The van der Waals surface area contributed by atoms with Gasteiger partial charge in [0, 0.05) is 19.3 Å². The zero-order chi connectivity index (χ0) is 30.5. The van der Waals surface area contributed by atoms with Crippen LogP contribution >= 0.6 is 0 Å². The normalized spacial score (nSPS) is 16.2. The summed E-state index contributed by atoms with van der Waals surface area (Å²) < 4.78 is 12.9. The highest BCUT2D eigenvalue weighted by Gasteiger charge is 2.43. The molecule has 2 aliphatic carbocycles. The van der Waals surface area contributed by atoms with Gasteiger partial charge in [-0.05, 0) is 112 Å². The summed E-state index contributed by atoms with van der Waals surface area (Å²) in [5.74, 6) is 1.91. The van der Waals surface area contributed by atoms with Crippen molar-refractivity contribution >= 4 is 12.2 Å². The number of nitrogens with two attached hydrogens (primary N) is 1. The molecular weight excluding hydrogens is 515 g/mol. The molecule has 0 unspecified atom stereocenters. The van der Waals surface area contributed by atoms with Gasteiger partial charge in [0.2, 0.25) is 6.41 Å². The van der Waals surface area contributed by atoms with Crippen molar-refractivity contribution in [2.45, 2.75) is 104 Å². The Morgan fingerprint density at radius 3 is 2.20 bits per heavy atom. The van der Waals surface area contributed by atoms with Crippen LogP contribution < -0.4 is 5.73 Å². The maximum absolute atomic E-state index is 12.9. The summed E-state index contributed by atoms with van der Waals surface area (Å²) in [6, 6.07) is 6.43. The van der Waals surface area contributed by atoms with Gasteiger partial charge in [-0.15, -0.1) is 12.8 Å². The zero-order valence-corrected chi connectivity index (χ0v) is 25.7. The van der Waals surface area contributed by atoms with Gasteiger partial charge >= 0.3 is 0 Å². The number of nitrogens with one attached hydrogen (secondary N) is 1. The lowest BCUT2D eigenvalue weighted by molar-refractivity contribution is -0.119. The molecule has 0 bridgehead atoms. The maximum atomic E-state index is 12.9. The highest BCUT2D eigenvalue weighted by atomic mass is 19.1. The summed E-state index contributed by atoms with van der Waals surface area (Å²) in [4.78, 5) is 30.5. The molecule has 1 spiro atoms. The molecule has 0 radical (unpaired) electrons. The Morgan fingerprint density at radius 1 is 1.07 bits per heavy atom. The molecule has 1 aliphatic heterocycles. The van der Waals surface area contributed by atoms with E-state index in [-0.39, 0.29) is 12.2 Å². The van der Waals surface area contributed by atoms with Crippen LogP contribution in [-0.4, -0.2) is 46.7 Å². The molecule has 3 fully saturated rings. The second-order valence-electron chi connectivity index (χ2n) is 10.9. The van der Waals surface area contributed by atoms with Gasteiger partial charge in [-0.25, -0.2) is 9.37 Å². The van der Waals surface area contributed by atoms with E-state index in [2.05, 4.69) is 40.4 Å². The zero-order valence-electron chi connectivity index (χ0n) is 25.7. The average Bonchev–Trinajstić information content (AvgIpc) is 3.93. The molecule has 3 aliphatic rings. The number of nitrogens with zero attached hydrogens (tertiary/aromatic N) is 2. The number of benzene rings is 1. The van der Waals surface area contributed by atoms with Gasteiger partial charge < -0.3 is 15.6 Å². The van der Waals surface area contributed by atoms with E-state index in [1.165, 1.54) is 70.3 Å². The van der Waals surface area contributed by atoms with Crippen LogP contribution in [0.5, 0.6) is 0 Å². The molecule has 0 atom stereocenters. The summed E-state index contributed by atoms with van der Waals surface area (Å²) in [5.41, 5.74) is 6.91. The van der Waals surface area contributed by atoms with Crippen molar-refractivity contribution in [3.05, 3.63) is 42.1 Å². The first-order valence-electron chi connectivity index (χ1n) is 15.5. The van der Waals surface area contributed by atoms with Crippen molar-refractivity contribution in [2.75, 3.05) is 19.6 Å². The molecule has 6 nitrogen and oxygen atoms in total. The first-order valence-corrected chi connectivity index (χ1v) is 15.5. The molecule has 2 aromatic rings. The largest absolute Gasteiger partial charge is 0.372 e. The minimum Gasteiger partial charge on any atom is -0.372 e. The Balaban J connectivity index is 0.000000408. The fraction of sp³-hybridized carbons (Fsp3) is 0.618. The molecule has 2 saturated carbocycles. The molecule has 228 valence electrons. The van der Waals surface area contributed by atoms with Gasteiger partial charge in [0.05, 0.1) is 11.9 Å². The van der Waals surface area contributed by atoms with Gasteiger partial charge in [-0.2, -0.15) is 0 Å². The molecule has 2 heterocycles. The summed E-state index contributed by atoms with van der Waals surface area (Å²) in [6.07, 6.45) is 25.4. The summed E-state index contributed by atoms with van der Waals surface area (Å²) >= 11 is 0. The molecule has 1 amide bonds. The third-order valence-corrected chi connectivity index (χ3v) is 7.94. The second kappa shape index (κ2) is 20.8. The Kier molecular flexibility index (Phi) is 18.3. The topological polar surface area (TPSA) is 92.1 Å². The number of aromatic nitrogens is 2. The van der Waals surface area contributed by atoms with E-state index in [0.29, 0.717) is 11.7 Å². The predicted octanol–water partition coefficient (Wildman–Crippen LogP) is 7.34. The molecule has 3 N–H and O–H groups in total. The van der Waals surface area contributed by atoms with E-state index in [4.69, 9.17) is 4.79 Å². The monoisotopic (exact) mass is 568 g/mol.